The summed E-state index contributed by atoms with van der Waals surface area (Å²) in [5.74, 6) is 1.81. The van der Waals surface area contributed by atoms with Crippen molar-refractivity contribution in [3.8, 4) is 22.6 Å². The Hall–Kier alpha value is -1.82. The van der Waals surface area contributed by atoms with Crippen LogP contribution in [0.15, 0.2) is 27.7 Å². The second-order valence-corrected chi connectivity index (χ2v) is 4.65. The van der Waals surface area contributed by atoms with E-state index in [0.717, 1.165) is 27.5 Å². The van der Waals surface area contributed by atoms with Gasteiger partial charge < -0.3 is 19.7 Å². The number of benzene rings is 1. The first-order valence-electron chi connectivity index (χ1n) is 5.47. The molecule has 2 aromatic rings. The maximum atomic E-state index is 5.76. The predicted molar refractivity (Wildman–Crippen MR) is 69.1 cm³/mol. The number of hydrogen-bond acceptors (Lipinski definition) is 6. The van der Waals surface area contributed by atoms with Gasteiger partial charge in [-0.1, -0.05) is 5.16 Å². The minimum absolute atomic E-state index is 0.307. The lowest BCUT2D eigenvalue weighted by Crippen LogP contribution is -2.15. The first kappa shape index (κ1) is 11.3. The molecule has 0 unspecified atom stereocenters. The predicted octanol–water partition coefficient (Wildman–Crippen LogP) is 2.42. The molecule has 3 rings (SSSR count). The molecule has 0 saturated carbocycles. The van der Waals surface area contributed by atoms with Crippen LogP contribution in [0.1, 0.15) is 0 Å². The van der Waals surface area contributed by atoms with Gasteiger partial charge in [-0.2, -0.15) is 0 Å². The summed E-state index contributed by atoms with van der Waals surface area (Å²) in [6.45, 7) is 1.14. The molecule has 1 aromatic heterocycles. The second kappa shape index (κ2) is 4.45. The van der Waals surface area contributed by atoms with Gasteiger partial charge in [-0.15, -0.1) is 11.8 Å². The van der Waals surface area contributed by atoms with Gasteiger partial charge in [-0.25, -0.2) is 0 Å². The molecule has 0 aliphatic carbocycles. The zero-order valence-electron chi connectivity index (χ0n) is 9.80. The monoisotopic (exact) mass is 264 g/mol. The highest BCUT2D eigenvalue weighted by Gasteiger charge is 2.19. The molecule has 1 aliphatic heterocycles. The lowest BCUT2D eigenvalue weighted by Gasteiger charge is -2.20. The van der Waals surface area contributed by atoms with Gasteiger partial charge in [-0.05, 0) is 18.4 Å². The maximum Gasteiger partial charge on any atom is 0.229 e. The van der Waals surface area contributed by atoms with Crippen LogP contribution in [0.5, 0.6) is 11.5 Å². The van der Waals surface area contributed by atoms with Crippen molar-refractivity contribution in [2.45, 2.75) is 4.90 Å². The van der Waals surface area contributed by atoms with E-state index in [-0.39, 0.29) is 0 Å². The van der Waals surface area contributed by atoms with E-state index in [1.165, 1.54) is 0 Å². The van der Waals surface area contributed by atoms with E-state index >= 15 is 0 Å². The molecule has 18 heavy (non-hydrogen) atoms. The largest absolute Gasteiger partial charge is 0.486 e. The van der Waals surface area contributed by atoms with Crippen LogP contribution >= 0.6 is 11.8 Å². The Bertz CT molecular complexity index is 583. The molecule has 0 atom stereocenters. The number of rotatable bonds is 2. The van der Waals surface area contributed by atoms with E-state index in [1.807, 2.05) is 18.4 Å². The van der Waals surface area contributed by atoms with Crippen molar-refractivity contribution in [2.75, 3.05) is 25.2 Å². The molecule has 0 saturated heterocycles. The van der Waals surface area contributed by atoms with Gasteiger partial charge in [0.2, 0.25) is 5.88 Å². The molecule has 2 heterocycles. The molecule has 0 spiro atoms. The molecular formula is C12H12N2O3S. The third-order valence-electron chi connectivity index (χ3n) is 2.75. The SMILES string of the molecule is CSc1cc2c(cc1-c1cnoc1N)OCCO2. The highest BCUT2D eigenvalue weighted by Crippen LogP contribution is 2.42. The molecule has 0 radical (unpaired) electrons. The number of ether oxygens (including phenoxy) is 2. The number of anilines is 1. The molecule has 5 nitrogen and oxygen atoms in total. The first-order valence-corrected chi connectivity index (χ1v) is 6.70. The minimum Gasteiger partial charge on any atom is -0.486 e. The fraction of sp³-hybridized carbons (Fsp3) is 0.250. The van der Waals surface area contributed by atoms with Gasteiger partial charge in [0.05, 0.1) is 11.8 Å². The Morgan fingerprint density at radius 3 is 2.50 bits per heavy atom. The van der Waals surface area contributed by atoms with Crippen molar-refractivity contribution in [1.29, 1.82) is 0 Å². The van der Waals surface area contributed by atoms with Gasteiger partial charge >= 0.3 is 0 Å². The van der Waals surface area contributed by atoms with Crippen LogP contribution in [0, 0.1) is 0 Å². The average molecular weight is 264 g/mol. The van der Waals surface area contributed by atoms with Gasteiger partial charge in [0.25, 0.3) is 0 Å². The number of aromatic nitrogens is 1. The highest BCUT2D eigenvalue weighted by molar-refractivity contribution is 7.98. The van der Waals surface area contributed by atoms with Crippen LogP contribution in [-0.2, 0) is 0 Å². The summed E-state index contributed by atoms with van der Waals surface area (Å²) in [6, 6.07) is 3.88. The van der Waals surface area contributed by atoms with Crippen molar-refractivity contribution in [1.82, 2.24) is 5.16 Å². The number of nitrogen functional groups attached to an aromatic ring is 1. The standard InChI is InChI=1S/C12H12N2O3S/c1-18-11-5-10-9(15-2-3-16-10)4-7(11)8-6-14-17-12(8)13/h4-6H,2-3,13H2,1H3. The normalized spacial score (nSPS) is 13.6. The minimum atomic E-state index is 0.307. The zero-order chi connectivity index (χ0) is 12.5. The summed E-state index contributed by atoms with van der Waals surface area (Å²) < 4.78 is 16.0. The Labute approximate surface area is 108 Å². The van der Waals surface area contributed by atoms with E-state index in [9.17, 15) is 0 Å². The Kier molecular flexibility index (Phi) is 2.79. The summed E-state index contributed by atoms with van der Waals surface area (Å²) >= 11 is 1.61. The van der Waals surface area contributed by atoms with Gasteiger partial charge in [0, 0.05) is 10.5 Å². The molecule has 2 N–H and O–H groups in total. The molecule has 6 heteroatoms. The van der Waals surface area contributed by atoms with Crippen LogP contribution in [0.2, 0.25) is 0 Å². The smallest absolute Gasteiger partial charge is 0.229 e. The number of nitrogens with two attached hydrogens (primary N) is 1. The summed E-state index contributed by atoms with van der Waals surface area (Å²) in [7, 11) is 0. The van der Waals surface area contributed by atoms with E-state index in [0.29, 0.717) is 19.1 Å². The van der Waals surface area contributed by atoms with Crippen molar-refractivity contribution in [3.63, 3.8) is 0 Å². The number of nitrogens with zero attached hydrogens (tertiary/aromatic N) is 1. The Morgan fingerprint density at radius 2 is 1.89 bits per heavy atom. The number of hydrogen-bond donors (Lipinski definition) is 1. The summed E-state index contributed by atoms with van der Waals surface area (Å²) in [4.78, 5) is 1.05. The fourth-order valence-electron chi connectivity index (χ4n) is 1.90. The molecule has 0 fully saturated rings. The molecule has 94 valence electrons. The number of thioether (sulfide) groups is 1. The van der Waals surface area contributed by atoms with Crippen molar-refractivity contribution < 1.29 is 14.0 Å². The molecule has 1 aliphatic rings. The summed E-state index contributed by atoms with van der Waals surface area (Å²) in [5.41, 5.74) is 7.49. The molecule has 0 bridgehead atoms. The highest BCUT2D eigenvalue weighted by atomic mass is 32.2. The maximum absolute atomic E-state index is 5.76. The van der Waals surface area contributed by atoms with Crippen molar-refractivity contribution in [2.24, 2.45) is 0 Å². The first-order chi connectivity index (χ1) is 8.79. The quantitative estimate of drug-likeness (QED) is 0.840. The molecular weight excluding hydrogens is 252 g/mol. The van der Waals surface area contributed by atoms with Crippen LogP contribution < -0.4 is 15.2 Å². The van der Waals surface area contributed by atoms with E-state index in [1.54, 1.807) is 18.0 Å². The lowest BCUT2D eigenvalue weighted by molar-refractivity contribution is 0.171. The van der Waals surface area contributed by atoms with Crippen LogP contribution in [-0.4, -0.2) is 24.6 Å². The summed E-state index contributed by atoms with van der Waals surface area (Å²) in [5, 5.41) is 3.70. The Morgan fingerprint density at radius 1 is 1.17 bits per heavy atom. The van der Waals surface area contributed by atoms with Crippen LogP contribution in [0.25, 0.3) is 11.1 Å². The lowest BCUT2D eigenvalue weighted by atomic mass is 10.1. The molecule has 0 amide bonds. The average Bonchev–Trinajstić information content (AvgIpc) is 2.83. The number of fused-ring (bicyclic) bond motifs is 1. The third-order valence-corrected chi connectivity index (χ3v) is 3.53. The third kappa shape index (κ3) is 1.78. The Balaban J connectivity index is 2.16. The van der Waals surface area contributed by atoms with Crippen LogP contribution in [0.4, 0.5) is 5.88 Å². The summed E-state index contributed by atoms with van der Waals surface area (Å²) in [6.07, 6.45) is 3.61. The van der Waals surface area contributed by atoms with Gasteiger partial charge in [0.15, 0.2) is 11.5 Å². The second-order valence-electron chi connectivity index (χ2n) is 3.80. The van der Waals surface area contributed by atoms with Gasteiger partial charge in [-0.3, -0.25) is 0 Å². The van der Waals surface area contributed by atoms with Crippen LogP contribution in [0.3, 0.4) is 0 Å². The van der Waals surface area contributed by atoms with E-state index < -0.39 is 0 Å². The van der Waals surface area contributed by atoms with Crippen molar-refractivity contribution in [3.05, 3.63) is 18.3 Å². The van der Waals surface area contributed by atoms with Crippen molar-refractivity contribution >= 4 is 17.6 Å². The molecule has 1 aromatic carbocycles. The van der Waals surface area contributed by atoms with Gasteiger partial charge in [0.1, 0.15) is 13.2 Å². The topological polar surface area (TPSA) is 70.5 Å². The van der Waals surface area contributed by atoms with E-state index in [2.05, 4.69) is 5.16 Å². The fourth-order valence-corrected chi connectivity index (χ4v) is 2.51. The van der Waals surface area contributed by atoms with E-state index in [4.69, 9.17) is 19.7 Å². The zero-order valence-corrected chi connectivity index (χ0v) is 10.6.